The first-order valence-electron chi connectivity index (χ1n) is 8.36. The van der Waals surface area contributed by atoms with Crippen LogP contribution in [0.15, 0.2) is 12.1 Å². The first-order chi connectivity index (χ1) is 12.1. The molecule has 1 aromatic rings. The van der Waals surface area contributed by atoms with Crippen LogP contribution in [0.3, 0.4) is 0 Å². The number of esters is 1. The number of hydrogen-bond donors (Lipinski definition) is 0. The molecule has 2 fully saturated rings. The SMILES string of the molecule is COc1cc(C(=O)N2CCOC(=O)C23CCCC3)cc(OC)c1OC. The third-order valence-corrected chi connectivity index (χ3v) is 5.03. The van der Waals surface area contributed by atoms with Crippen LogP contribution in [-0.2, 0) is 9.53 Å². The van der Waals surface area contributed by atoms with Crippen molar-refractivity contribution >= 4 is 11.9 Å². The van der Waals surface area contributed by atoms with Crippen molar-refractivity contribution in [2.24, 2.45) is 0 Å². The fourth-order valence-electron chi connectivity index (χ4n) is 3.78. The zero-order valence-corrected chi connectivity index (χ0v) is 14.8. The third-order valence-electron chi connectivity index (χ3n) is 5.03. The van der Waals surface area contributed by atoms with E-state index in [1.165, 1.54) is 21.3 Å². The molecule has 0 unspecified atom stereocenters. The summed E-state index contributed by atoms with van der Waals surface area (Å²) in [4.78, 5) is 27.3. The van der Waals surface area contributed by atoms with Crippen LogP contribution in [0.1, 0.15) is 36.0 Å². The molecule has 7 nitrogen and oxygen atoms in total. The van der Waals surface area contributed by atoms with Gasteiger partial charge in [-0.15, -0.1) is 0 Å². The summed E-state index contributed by atoms with van der Waals surface area (Å²) in [6.45, 7) is 0.609. The Morgan fingerprint density at radius 1 is 1.08 bits per heavy atom. The molecule has 0 aromatic heterocycles. The summed E-state index contributed by atoms with van der Waals surface area (Å²) in [5.74, 6) is 0.723. The van der Waals surface area contributed by atoms with E-state index < -0.39 is 5.54 Å². The maximum atomic E-state index is 13.2. The van der Waals surface area contributed by atoms with Gasteiger partial charge in [0, 0.05) is 5.56 Å². The number of rotatable bonds is 4. The Morgan fingerprint density at radius 2 is 1.68 bits per heavy atom. The third kappa shape index (κ3) is 2.77. The van der Waals surface area contributed by atoms with Crippen molar-refractivity contribution in [2.75, 3.05) is 34.5 Å². The van der Waals surface area contributed by atoms with Crippen molar-refractivity contribution in [3.8, 4) is 17.2 Å². The largest absolute Gasteiger partial charge is 0.493 e. The van der Waals surface area contributed by atoms with Gasteiger partial charge in [-0.25, -0.2) is 4.79 Å². The number of nitrogens with zero attached hydrogens (tertiary/aromatic N) is 1. The fourth-order valence-corrected chi connectivity index (χ4v) is 3.78. The highest BCUT2D eigenvalue weighted by molar-refractivity contribution is 5.99. The van der Waals surface area contributed by atoms with Crippen LogP contribution < -0.4 is 14.2 Å². The van der Waals surface area contributed by atoms with Crippen LogP contribution in [-0.4, -0.2) is 56.8 Å². The van der Waals surface area contributed by atoms with E-state index in [2.05, 4.69) is 0 Å². The lowest BCUT2D eigenvalue weighted by molar-refractivity contribution is -0.164. The molecule has 0 N–H and O–H groups in total. The molecule has 1 spiro atoms. The zero-order valence-electron chi connectivity index (χ0n) is 14.8. The Bertz CT molecular complexity index is 655. The minimum Gasteiger partial charge on any atom is -0.493 e. The van der Waals surface area contributed by atoms with E-state index >= 15 is 0 Å². The standard InChI is InChI=1S/C18H23NO6/c1-22-13-10-12(11-14(23-2)15(13)24-3)16(20)19-8-9-25-17(21)18(19)6-4-5-7-18/h10-11H,4-9H2,1-3H3. The number of ether oxygens (including phenoxy) is 4. The second-order valence-electron chi connectivity index (χ2n) is 6.25. The van der Waals surface area contributed by atoms with E-state index in [0.717, 1.165) is 12.8 Å². The minimum atomic E-state index is -0.838. The summed E-state index contributed by atoms with van der Waals surface area (Å²) in [6.07, 6.45) is 3.10. The molecule has 1 heterocycles. The molecule has 1 amide bonds. The fraction of sp³-hybridized carbons (Fsp3) is 0.556. The molecule has 136 valence electrons. The smallest absolute Gasteiger partial charge is 0.332 e. The van der Waals surface area contributed by atoms with Gasteiger partial charge in [0.25, 0.3) is 5.91 Å². The van der Waals surface area contributed by atoms with Crippen molar-refractivity contribution in [2.45, 2.75) is 31.2 Å². The van der Waals surface area contributed by atoms with E-state index in [1.54, 1.807) is 17.0 Å². The Labute approximate surface area is 146 Å². The van der Waals surface area contributed by atoms with Crippen LogP contribution in [0.2, 0.25) is 0 Å². The molecular formula is C18H23NO6. The predicted octanol–water partition coefficient (Wildman–Crippen LogP) is 2.02. The lowest BCUT2D eigenvalue weighted by atomic mass is 9.92. The molecule has 2 aliphatic rings. The second kappa shape index (κ2) is 6.82. The number of methoxy groups -OCH3 is 3. The van der Waals surface area contributed by atoms with Gasteiger partial charge in [-0.1, -0.05) is 12.8 Å². The van der Waals surface area contributed by atoms with Gasteiger partial charge >= 0.3 is 5.97 Å². The number of hydrogen-bond acceptors (Lipinski definition) is 6. The van der Waals surface area contributed by atoms with Gasteiger partial charge in [-0.3, -0.25) is 4.79 Å². The predicted molar refractivity (Wildman–Crippen MR) is 89.3 cm³/mol. The van der Waals surface area contributed by atoms with Crippen molar-refractivity contribution in [1.82, 2.24) is 4.90 Å². The summed E-state index contributed by atoms with van der Waals surface area (Å²) in [5, 5.41) is 0. The first-order valence-corrected chi connectivity index (χ1v) is 8.36. The van der Waals surface area contributed by atoms with Gasteiger partial charge in [-0.2, -0.15) is 0 Å². The molecule has 25 heavy (non-hydrogen) atoms. The summed E-state index contributed by atoms with van der Waals surface area (Å²) < 4.78 is 21.2. The number of cyclic esters (lactones) is 1. The van der Waals surface area contributed by atoms with Crippen LogP contribution in [0.25, 0.3) is 0 Å². The van der Waals surface area contributed by atoms with Gasteiger partial charge in [0.1, 0.15) is 12.1 Å². The average Bonchev–Trinajstić information content (AvgIpc) is 3.12. The van der Waals surface area contributed by atoms with Crippen LogP contribution in [0.5, 0.6) is 17.2 Å². The summed E-state index contributed by atoms with van der Waals surface area (Å²) >= 11 is 0. The molecule has 1 aliphatic carbocycles. The van der Waals surface area contributed by atoms with Crippen LogP contribution in [0.4, 0.5) is 0 Å². The molecule has 1 saturated carbocycles. The molecule has 1 aromatic carbocycles. The van der Waals surface area contributed by atoms with Gasteiger partial charge in [0.15, 0.2) is 11.5 Å². The first kappa shape index (κ1) is 17.4. The maximum absolute atomic E-state index is 13.2. The van der Waals surface area contributed by atoms with E-state index in [9.17, 15) is 9.59 Å². The number of benzene rings is 1. The number of amides is 1. The lowest BCUT2D eigenvalue weighted by Gasteiger charge is -2.42. The molecule has 3 rings (SSSR count). The maximum Gasteiger partial charge on any atom is 0.332 e. The highest BCUT2D eigenvalue weighted by Gasteiger charge is 2.52. The van der Waals surface area contributed by atoms with E-state index in [1.807, 2.05) is 0 Å². The number of morpholine rings is 1. The minimum absolute atomic E-state index is 0.219. The molecule has 0 radical (unpaired) electrons. The quantitative estimate of drug-likeness (QED) is 0.775. The summed E-state index contributed by atoms with van der Waals surface area (Å²) in [5.41, 5.74) is -0.439. The van der Waals surface area contributed by atoms with E-state index in [0.29, 0.717) is 42.2 Å². The normalized spacial score (nSPS) is 18.8. The molecule has 0 bridgehead atoms. The van der Waals surface area contributed by atoms with Gasteiger partial charge in [-0.05, 0) is 25.0 Å². The Kier molecular flexibility index (Phi) is 4.74. The summed E-state index contributed by atoms with van der Waals surface area (Å²) in [6, 6.07) is 3.23. The van der Waals surface area contributed by atoms with Crippen molar-refractivity contribution in [1.29, 1.82) is 0 Å². The van der Waals surface area contributed by atoms with Crippen LogP contribution in [0, 0.1) is 0 Å². The average molecular weight is 349 g/mol. The van der Waals surface area contributed by atoms with Crippen LogP contribution >= 0.6 is 0 Å². The summed E-state index contributed by atoms with van der Waals surface area (Å²) in [7, 11) is 4.51. The Balaban J connectivity index is 2.01. The van der Waals surface area contributed by atoms with E-state index in [4.69, 9.17) is 18.9 Å². The molecule has 7 heteroatoms. The second-order valence-corrected chi connectivity index (χ2v) is 6.25. The molecule has 1 saturated heterocycles. The van der Waals surface area contributed by atoms with Crippen molar-refractivity contribution < 1.29 is 28.5 Å². The number of carbonyl (C=O) groups excluding carboxylic acids is 2. The lowest BCUT2D eigenvalue weighted by Crippen LogP contribution is -2.60. The highest BCUT2D eigenvalue weighted by atomic mass is 16.5. The monoisotopic (exact) mass is 349 g/mol. The zero-order chi connectivity index (χ0) is 18.0. The number of carbonyl (C=O) groups is 2. The Hall–Kier alpha value is -2.44. The van der Waals surface area contributed by atoms with Gasteiger partial charge in [0.2, 0.25) is 5.75 Å². The molecule has 1 aliphatic heterocycles. The highest BCUT2D eigenvalue weighted by Crippen LogP contribution is 2.42. The molecular weight excluding hydrogens is 326 g/mol. The van der Waals surface area contributed by atoms with Gasteiger partial charge in [0.05, 0.1) is 27.9 Å². The van der Waals surface area contributed by atoms with Gasteiger partial charge < -0.3 is 23.8 Å². The topological polar surface area (TPSA) is 74.3 Å². The van der Waals surface area contributed by atoms with Crippen molar-refractivity contribution in [3.63, 3.8) is 0 Å². The van der Waals surface area contributed by atoms with E-state index in [-0.39, 0.29) is 18.5 Å². The Morgan fingerprint density at radius 3 is 2.20 bits per heavy atom. The van der Waals surface area contributed by atoms with Crippen molar-refractivity contribution in [3.05, 3.63) is 17.7 Å². The molecule has 0 atom stereocenters.